The minimum absolute atomic E-state index is 0.267. The van der Waals surface area contributed by atoms with Gasteiger partial charge in [0.1, 0.15) is 11.5 Å². The van der Waals surface area contributed by atoms with E-state index < -0.39 is 0 Å². The highest BCUT2D eigenvalue weighted by molar-refractivity contribution is 5.81. The normalized spacial score (nSPS) is 24.9. The van der Waals surface area contributed by atoms with Crippen LogP contribution in [0.2, 0.25) is 0 Å². The van der Waals surface area contributed by atoms with Crippen LogP contribution in [0.4, 0.5) is 5.69 Å². The zero-order valence-electron chi connectivity index (χ0n) is 15.2. The van der Waals surface area contributed by atoms with E-state index in [0.29, 0.717) is 11.8 Å². The van der Waals surface area contributed by atoms with Crippen LogP contribution in [0.5, 0.6) is 11.5 Å². The molecule has 2 fully saturated rings. The summed E-state index contributed by atoms with van der Waals surface area (Å²) in [5.74, 6) is 3.81. The second-order valence-corrected chi connectivity index (χ2v) is 8.13. The fourth-order valence-corrected chi connectivity index (χ4v) is 4.59. The molecule has 3 heteroatoms. The van der Waals surface area contributed by atoms with Crippen LogP contribution in [0.1, 0.15) is 49.7 Å². The van der Waals surface area contributed by atoms with Crippen LogP contribution in [0.15, 0.2) is 42.5 Å². The quantitative estimate of drug-likeness (QED) is 0.688. The summed E-state index contributed by atoms with van der Waals surface area (Å²) in [4.78, 5) is 13.8. The fourth-order valence-electron chi connectivity index (χ4n) is 4.59. The maximum atomic E-state index is 11.9. The van der Waals surface area contributed by atoms with Crippen molar-refractivity contribution < 1.29 is 9.53 Å². The molecule has 3 nitrogen and oxygen atoms in total. The summed E-state index contributed by atoms with van der Waals surface area (Å²) in [5, 5.41) is 0. The Bertz CT molecular complexity index is 824. The Morgan fingerprint density at radius 3 is 2.46 bits per heavy atom. The monoisotopic (exact) mass is 347 g/mol. The molecule has 134 valence electrons. The molecule has 2 aliphatic carbocycles. The van der Waals surface area contributed by atoms with Gasteiger partial charge in [0.25, 0.3) is 0 Å². The molecule has 26 heavy (non-hydrogen) atoms. The van der Waals surface area contributed by atoms with Gasteiger partial charge in [-0.2, -0.15) is 0 Å². The lowest BCUT2D eigenvalue weighted by Gasteiger charge is -2.39. The second kappa shape index (κ2) is 6.15. The Hall–Kier alpha value is -2.29. The van der Waals surface area contributed by atoms with Crippen LogP contribution >= 0.6 is 0 Å². The van der Waals surface area contributed by atoms with E-state index in [1.165, 1.54) is 36.8 Å². The van der Waals surface area contributed by atoms with Crippen LogP contribution in [0.3, 0.4) is 0 Å². The third-order valence-electron chi connectivity index (χ3n) is 6.36. The summed E-state index contributed by atoms with van der Waals surface area (Å²) in [7, 11) is 0. The molecule has 2 aromatic rings. The van der Waals surface area contributed by atoms with Crippen molar-refractivity contribution in [3.63, 3.8) is 0 Å². The molecule has 0 spiro atoms. The lowest BCUT2D eigenvalue weighted by Crippen LogP contribution is -2.43. The van der Waals surface area contributed by atoms with Gasteiger partial charge in [0.05, 0.1) is 5.69 Å². The maximum absolute atomic E-state index is 11.9. The molecule has 1 heterocycles. The van der Waals surface area contributed by atoms with Crippen molar-refractivity contribution >= 4 is 12.1 Å². The molecule has 3 aliphatic rings. The summed E-state index contributed by atoms with van der Waals surface area (Å²) < 4.78 is 6.44. The Kier molecular flexibility index (Phi) is 3.77. The van der Waals surface area contributed by atoms with E-state index in [2.05, 4.69) is 19.1 Å². The van der Waals surface area contributed by atoms with Gasteiger partial charge >= 0.3 is 0 Å². The minimum atomic E-state index is 0.267. The molecule has 1 amide bonds. The molecule has 0 bridgehead atoms. The highest BCUT2D eigenvalue weighted by Gasteiger charge is 2.42. The number of nitrogens with zero attached hydrogens (tertiary/aromatic N) is 1. The first-order chi connectivity index (χ1) is 12.8. The third kappa shape index (κ3) is 2.70. The van der Waals surface area contributed by atoms with Gasteiger partial charge < -0.3 is 9.64 Å². The molecule has 1 unspecified atom stereocenters. The van der Waals surface area contributed by atoms with Gasteiger partial charge in [0.15, 0.2) is 0 Å². The lowest BCUT2D eigenvalue weighted by atomic mass is 9.82. The molecule has 0 saturated heterocycles. The molecule has 2 atom stereocenters. The average Bonchev–Trinajstić information content (AvgIpc) is 3.56. The van der Waals surface area contributed by atoms with Gasteiger partial charge in [0.2, 0.25) is 6.41 Å². The number of para-hydroxylation sites is 1. The number of fused-ring (bicyclic) bond motifs is 1. The predicted octanol–water partition coefficient (Wildman–Crippen LogP) is 5.29. The third-order valence-corrected chi connectivity index (χ3v) is 6.36. The van der Waals surface area contributed by atoms with Crippen LogP contribution in [-0.2, 0) is 11.2 Å². The molecule has 1 aliphatic heterocycles. The topological polar surface area (TPSA) is 29.5 Å². The minimum Gasteiger partial charge on any atom is -0.457 e. The van der Waals surface area contributed by atoms with E-state index in [0.717, 1.165) is 35.9 Å². The smallest absolute Gasteiger partial charge is 0.214 e. The number of anilines is 1. The van der Waals surface area contributed by atoms with Crippen molar-refractivity contribution in [1.29, 1.82) is 0 Å². The molecular formula is C23H25NO2. The molecule has 0 N–H and O–H groups in total. The van der Waals surface area contributed by atoms with Crippen LogP contribution in [0.25, 0.3) is 0 Å². The van der Waals surface area contributed by atoms with Crippen molar-refractivity contribution in [3.8, 4) is 11.5 Å². The zero-order valence-corrected chi connectivity index (χ0v) is 15.2. The van der Waals surface area contributed by atoms with Gasteiger partial charge in [-0.3, -0.25) is 4.79 Å². The van der Waals surface area contributed by atoms with Crippen LogP contribution < -0.4 is 9.64 Å². The molecular weight excluding hydrogens is 322 g/mol. The van der Waals surface area contributed by atoms with E-state index in [-0.39, 0.29) is 6.04 Å². The van der Waals surface area contributed by atoms with E-state index >= 15 is 0 Å². The molecule has 5 rings (SSSR count). The summed E-state index contributed by atoms with van der Waals surface area (Å²) in [5.41, 5.74) is 3.60. The van der Waals surface area contributed by atoms with Crippen molar-refractivity contribution in [2.45, 2.75) is 51.0 Å². The Morgan fingerprint density at radius 1 is 1.04 bits per heavy atom. The Labute approximate surface area is 155 Å². The number of benzene rings is 2. The van der Waals surface area contributed by atoms with Crippen LogP contribution in [-0.4, -0.2) is 12.5 Å². The van der Waals surface area contributed by atoms with Gasteiger partial charge in [0, 0.05) is 11.6 Å². The Morgan fingerprint density at radius 2 is 1.81 bits per heavy atom. The van der Waals surface area contributed by atoms with Gasteiger partial charge in [-0.25, -0.2) is 0 Å². The summed E-state index contributed by atoms with van der Waals surface area (Å²) in [6.45, 7) is 2.20. The van der Waals surface area contributed by atoms with E-state index in [1.807, 2.05) is 35.2 Å². The Balaban J connectivity index is 1.62. The average molecular weight is 347 g/mol. The van der Waals surface area contributed by atoms with Crippen molar-refractivity contribution in [3.05, 3.63) is 53.6 Å². The first-order valence-corrected chi connectivity index (χ1v) is 9.88. The maximum Gasteiger partial charge on any atom is 0.214 e. The first-order valence-electron chi connectivity index (χ1n) is 9.88. The molecule has 0 radical (unpaired) electrons. The largest absolute Gasteiger partial charge is 0.457 e. The van der Waals surface area contributed by atoms with Crippen molar-refractivity contribution in [2.75, 3.05) is 4.90 Å². The second-order valence-electron chi connectivity index (χ2n) is 8.13. The van der Waals surface area contributed by atoms with Crippen molar-refractivity contribution in [2.24, 2.45) is 11.8 Å². The highest BCUT2D eigenvalue weighted by Crippen LogP contribution is 2.52. The highest BCUT2D eigenvalue weighted by atomic mass is 16.5. The number of amides is 1. The predicted molar refractivity (Wildman–Crippen MR) is 103 cm³/mol. The van der Waals surface area contributed by atoms with E-state index in [4.69, 9.17) is 4.74 Å². The van der Waals surface area contributed by atoms with Gasteiger partial charge in [-0.1, -0.05) is 24.3 Å². The van der Waals surface area contributed by atoms with E-state index in [1.54, 1.807) is 0 Å². The molecule has 0 aromatic heterocycles. The standard InChI is InChI=1S/C23H25NO2/c1-15-20(17-9-10-17)13-21-22(24(15)14-25)12-11-19(16-7-8-16)23(21)26-18-5-3-2-4-6-18/h2-6,11-12,14-17,20H,7-10,13H2,1H3/t15-,20?/m0/s1. The van der Waals surface area contributed by atoms with E-state index in [9.17, 15) is 4.79 Å². The SMILES string of the molecule is C[C@H]1C(C2CC2)Cc2c(ccc(C3CC3)c2Oc2ccccc2)N1C=O. The number of hydrogen-bond acceptors (Lipinski definition) is 2. The number of carbonyl (C=O) groups excluding carboxylic acids is 1. The number of ether oxygens (including phenoxy) is 1. The number of hydrogen-bond donors (Lipinski definition) is 0. The zero-order chi connectivity index (χ0) is 17.7. The summed E-state index contributed by atoms with van der Waals surface area (Å²) in [6.07, 6.45) is 7.12. The lowest BCUT2D eigenvalue weighted by molar-refractivity contribution is -0.108. The fraction of sp³-hybridized carbons (Fsp3) is 0.435. The summed E-state index contributed by atoms with van der Waals surface area (Å²) >= 11 is 0. The van der Waals surface area contributed by atoms with Crippen LogP contribution in [0, 0.1) is 11.8 Å². The molecule has 2 aromatic carbocycles. The summed E-state index contributed by atoms with van der Waals surface area (Å²) in [6, 6.07) is 14.7. The van der Waals surface area contributed by atoms with Crippen molar-refractivity contribution in [1.82, 2.24) is 0 Å². The molecule has 2 saturated carbocycles. The van der Waals surface area contributed by atoms with Gasteiger partial charge in [-0.15, -0.1) is 0 Å². The van der Waals surface area contributed by atoms with Gasteiger partial charge in [-0.05, 0) is 80.5 Å². The first kappa shape index (κ1) is 15.9. The number of carbonyl (C=O) groups is 1. The number of rotatable bonds is 5.